The van der Waals surface area contributed by atoms with Gasteiger partial charge in [0.05, 0.1) is 7.11 Å². The smallest absolute Gasteiger partial charge is 0.182 e. The summed E-state index contributed by atoms with van der Waals surface area (Å²) >= 11 is 5.20. The number of thiazole rings is 1. The van der Waals surface area contributed by atoms with Crippen LogP contribution in [0.4, 0.5) is 5.13 Å². The van der Waals surface area contributed by atoms with Crippen LogP contribution >= 0.6 is 27.3 Å². The molecule has 0 saturated carbocycles. The topological polar surface area (TPSA) is 43.4 Å². The summed E-state index contributed by atoms with van der Waals surface area (Å²) in [4.78, 5) is 4.23. The molecule has 0 aliphatic heterocycles. The Labute approximate surface area is 160 Å². The molecule has 0 aliphatic rings. The minimum Gasteiger partial charge on any atom is -0.493 e. The summed E-state index contributed by atoms with van der Waals surface area (Å²) in [5.41, 5.74) is 3.45. The molecule has 0 aliphatic carbocycles. The van der Waals surface area contributed by atoms with E-state index < -0.39 is 0 Å². The summed E-state index contributed by atoms with van der Waals surface area (Å²) in [7, 11) is 1.65. The van der Waals surface area contributed by atoms with Gasteiger partial charge in [-0.3, -0.25) is 0 Å². The molecule has 1 heterocycles. The van der Waals surface area contributed by atoms with Crippen molar-refractivity contribution >= 4 is 32.4 Å². The Morgan fingerprint density at radius 2 is 2.00 bits per heavy atom. The number of nitrogens with one attached hydrogen (secondary N) is 1. The van der Waals surface area contributed by atoms with Crippen LogP contribution in [-0.4, -0.2) is 12.1 Å². The van der Waals surface area contributed by atoms with Crippen LogP contribution < -0.4 is 14.8 Å². The van der Waals surface area contributed by atoms with Gasteiger partial charge in [-0.2, -0.15) is 0 Å². The molecule has 3 rings (SSSR count). The number of ether oxygens (including phenoxy) is 2. The first kappa shape index (κ1) is 17.8. The molecule has 0 spiro atoms. The van der Waals surface area contributed by atoms with E-state index in [0.29, 0.717) is 18.9 Å². The van der Waals surface area contributed by atoms with E-state index in [2.05, 4.69) is 45.3 Å². The van der Waals surface area contributed by atoms with E-state index in [1.54, 1.807) is 24.6 Å². The number of rotatable bonds is 7. The van der Waals surface area contributed by atoms with Gasteiger partial charge >= 0.3 is 0 Å². The summed E-state index contributed by atoms with van der Waals surface area (Å²) in [6, 6.07) is 12.1. The SMILES string of the molecule is COc1cc(CNc2nccs2)c(Br)cc1OCc1ccccc1C. The first-order valence-electron chi connectivity index (χ1n) is 7.84. The number of halogens is 1. The number of aromatic nitrogens is 1. The third kappa shape index (κ3) is 4.52. The van der Waals surface area contributed by atoms with E-state index in [9.17, 15) is 0 Å². The molecule has 3 aromatic rings. The van der Waals surface area contributed by atoms with Gasteiger partial charge in [0.15, 0.2) is 16.6 Å². The first-order chi connectivity index (χ1) is 12.2. The average Bonchev–Trinajstić information content (AvgIpc) is 3.13. The zero-order valence-corrected chi connectivity index (χ0v) is 16.5. The van der Waals surface area contributed by atoms with E-state index in [-0.39, 0.29) is 0 Å². The Bertz CT molecular complexity index is 837. The Morgan fingerprint density at radius 1 is 1.16 bits per heavy atom. The largest absolute Gasteiger partial charge is 0.493 e. The number of aryl methyl sites for hydroxylation is 1. The van der Waals surface area contributed by atoms with Gasteiger partial charge in [-0.1, -0.05) is 40.2 Å². The quantitative estimate of drug-likeness (QED) is 0.556. The second-order valence-electron chi connectivity index (χ2n) is 5.50. The van der Waals surface area contributed by atoms with Crippen LogP contribution in [0.15, 0.2) is 52.4 Å². The summed E-state index contributed by atoms with van der Waals surface area (Å²) < 4.78 is 12.5. The van der Waals surface area contributed by atoms with Crippen molar-refractivity contribution in [2.24, 2.45) is 0 Å². The highest BCUT2D eigenvalue weighted by molar-refractivity contribution is 9.10. The van der Waals surface area contributed by atoms with Crippen molar-refractivity contribution in [1.82, 2.24) is 4.98 Å². The van der Waals surface area contributed by atoms with E-state index in [1.165, 1.54) is 5.56 Å². The van der Waals surface area contributed by atoms with Crippen molar-refractivity contribution < 1.29 is 9.47 Å². The minimum absolute atomic E-state index is 0.506. The molecule has 0 radical (unpaired) electrons. The maximum Gasteiger partial charge on any atom is 0.182 e. The van der Waals surface area contributed by atoms with Gasteiger partial charge in [-0.15, -0.1) is 11.3 Å². The first-order valence-corrected chi connectivity index (χ1v) is 9.51. The van der Waals surface area contributed by atoms with Crippen LogP contribution in [0.1, 0.15) is 16.7 Å². The van der Waals surface area contributed by atoms with Crippen molar-refractivity contribution in [1.29, 1.82) is 0 Å². The second-order valence-corrected chi connectivity index (χ2v) is 7.25. The fourth-order valence-corrected chi connectivity index (χ4v) is 3.38. The normalized spacial score (nSPS) is 10.5. The Hall–Kier alpha value is -2.05. The fraction of sp³-hybridized carbons (Fsp3) is 0.211. The highest BCUT2D eigenvalue weighted by atomic mass is 79.9. The molecule has 0 saturated heterocycles. The lowest BCUT2D eigenvalue weighted by molar-refractivity contribution is 0.283. The van der Waals surface area contributed by atoms with Gasteiger partial charge in [-0.05, 0) is 35.7 Å². The maximum absolute atomic E-state index is 6.00. The van der Waals surface area contributed by atoms with Crippen LogP contribution in [0.3, 0.4) is 0 Å². The number of methoxy groups -OCH3 is 1. The fourth-order valence-electron chi connectivity index (χ4n) is 2.39. The van der Waals surface area contributed by atoms with E-state index in [0.717, 1.165) is 26.5 Å². The molecule has 4 nitrogen and oxygen atoms in total. The number of anilines is 1. The zero-order chi connectivity index (χ0) is 17.6. The highest BCUT2D eigenvalue weighted by Crippen LogP contribution is 2.34. The number of hydrogen-bond donors (Lipinski definition) is 1. The second kappa shape index (κ2) is 8.36. The lowest BCUT2D eigenvalue weighted by atomic mass is 10.1. The lowest BCUT2D eigenvalue weighted by Gasteiger charge is -2.15. The Morgan fingerprint density at radius 3 is 2.72 bits per heavy atom. The van der Waals surface area contributed by atoms with Crippen molar-refractivity contribution in [3.8, 4) is 11.5 Å². The molecule has 0 unspecified atom stereocenters. The molecule has 2 aromatic carbocycles. The third-order valence-electron chi connectivity index (χ3n) is 3.84. The van der Waals surface area contributed by atoms with Crippen LogP contribution in [0.5, 0.6) is 11.5 Å². The standard InChI is InChI=1S/C19H19BrN2O2S/c1-13-5-3-4-6-14(13)12-24-18-10-16(20)15(9-17(18)23-2)11-22-19-21-7-8-25-19/h3-10H,11-12H2,1-2H3,(H,21,22). The summed E-state index contributed by atoms with van der Waals surface area (Å²) in [6.07, 6.45) is 1.78. The highest BCUT2D eigenvalue weighted by Gasteiger charge is 2.11. The zero-order valence-electron chi connectivity index (χ0n) is 14.1. The average molecular weight is 419 g/mol. The van der Waals surface area contributed by atoms with E-state index >= 15 is 0 Å². The van der Waals surface area contributed by atoms with E-state index in [4.69, 9.17) is 9.47 Å². The minimum atomic E-state index is 0.506. The van der Waals surface area contributed by atoms with Crippen LogP contribution in [0.2, 0.25) is 0 Å². The number of nitrogens with zero attached hydrogens (tertiary/aromatic N) is 1. The molecular weight excluding hydrogens is 400 g/mol. The van der Waals surface area contributed by atoms with E-state index in [1.807, 2.05) is 29.6 Å². The predicted octanol–water partition coefficient (Wildman–Crippen LogP) is 5.41. The molecule has 0 amide bonds. The summed E-state index contributed by atoms with van der Waals surface area (Å²) in [6.45, 7) is 3.24. The van der Waals surface area contributed by atoms with Crippen molar-refractivity contribution in [2.75, 3.05) is 12.4 Å². The van der Waals surface area contributed by atoms with Gasteiger partial charge in [0.1, 0.15) is 6.61 Å². The summed E-state index contributed by atoms with van der Waals surface area (Å²) in [5.74, 6) is 1.43. The van der Waals surface area contributed by atoms with Gasteiger partial charge in [-0.25, -0.2) is 4.98 Å². The van der Waals surface area contributed by atoms with Crippen molar-refractivity contribution in [2.45, 2.75) is 20.1 Å². The van der Waals surface area contributed by atoms with Gasteiger partial charge in [0, 0.05) is 22.6 Å². The van der Waals surface area contributed by atoms with Crippen molar-refractivity contribution in [3.63, 3.8) is 0 Å². The Balaban J connectivity index is 1.73. The third-order valence-corrected chi connectivity index (χ3v) is 5.31. The molecule has 25 heavy (non-hydrogen) atoms. The molecule has 1 N–H and O–H groups in total. The predicted molar refractivity (Wildman–Crippen MR) is 106 cm³/mol. The molecular formula is C19H19BrN2O2S. The van der Waals surface area contributed by atoms with Crippen molar-refractivity contribution in [3.05, 3.63) is 69.1 Å². The summed E-state index contributed by atoms with van der Waals surface area (Å²) in [5, 5.41) is 6.14. The lowest BCUT2D eigenvalue weighted by Crippen LogP contribution is -2.03. The van der Waals surface area contributed by atoms with Gasteiger partial charge in [0.25, 0.3) is 0 Å². The molecule has 6 heteroatoms. The molecule has 0 atom stereocenters. The van der Waals surface area contributed by atoms with Crippen LogP contribution in [-0.2, 0) is 13.2 Å². The molecule has 0 bridgehead atoms. The number of benzene rings is 2. The molecule has 1 aromatic heterocycles. The van der Waals surface area contributed by atoms with Crippen LogP contribution in [0, 0.1) is 6.92 Å². The van der Waals surface area contributed by atoms with Gasteiger partial charge in [0.2, 0.25) is 0 Å². The molecule has 0 fully saturated rings. The van der Waals surface area contributed by atoms with Crippen LogP contribution in [0.25, 0.3) is 0 Å². The monoisotopic (exact) mass is 418 g/mol. The molecule has 130 valence electrons. The number of hydrogen-bond acceptors (Lipinski definition) is 5. The van der Waals surface area contributed by atoms with Gasteiger partial charge < -0.3 is 14.8 Å². The maximum atomic E-state index is 6.00. The Kier molecular flexibility index (Phi) is 5.94.